The molecule has 0 fully saturated rings. The summed E-state index contributed by atoms with van der Waals surface area (Å²) in [5.41, 5.74) is 3.45. The number of carbonyl (C=O) groups excluding carboxylic acids is 6. The van der Waals surface area contributed by atoms with Gasteiger partial charge in [-0.25, -0.2) is 9.80 Å². The van der Waals surface area contributed by atoms with Crippen molar-refractivity contribution in [2.75, 3.05) is 6.54 Å². The maximum absolute atomic E-state index is 13.4. The average molecular weight is 755 g/mol. The number of aliphatic carboxylic acids is 2. The van der Waals surface area contributed by atoms with Crippen molar-refractivity contribution in [1.82, 2.24) is 31.7 Å². The van der Waals surface area contributed by atoms with Gasteiger partial charge in [0.1, 0.15) is 31.3 Å². The van der Waals surface area contributed by atoms with E-state index in [2.05, 4.69) is 21.3 Å². The number of carboxylic acids is 2. The lowest BCUT2D eigenvalue weighted by atomic mass is 10.0. The van der Waals surface area contributed by atoms with Crippen LogP contribution < -0.4 is 26.7 Å². The lowest BCUT2D eigenvalue weighted by molar-refractivity contribution is -0.149. The van der Waals surface area contributed by atoms with E-state index in [1.54, 1.807) is 74.5 Å². The predicted octanol–water partition coefficient (Wildman–Crippen LogP) is 0.360. The topological polar surface area (TPSA) is 270 Å². The van der Waals surface area contributed by atoms with E-state index in [1.165, 1.54) is 0 Å². The van der Waals surface area contributed by atoms with Crippen molar-refractivity contribution < 1.29 is 58.4 Å². The first-order valence-corrected chi connectivity index (χ1v) is 16.9. The Balaban J connectivity index is 2.16. The molecule has 0 aromatic heterocycles. The molecule has 2 aromatic rings. The van der Waals surface area contributed by atoms with Crippen molar-refractivity contribution >= 4 is 47.6 Å². The van der Waals surface area contributed by atoms with Gasteiger partial charge in [0.2, 0.25) is 17.7 Å². The van der Waals surface area contributed by atoms with Gasteiger partial charge in [-0.1, -0.05) is 74.5 Å². The van der Waals surface area contributed by atoms with Gasteiger partial charge >= 0.3 is 18.0 Å². The molecule has 292 valence electrons. The molecular weight excluding hydrogens is 708 g/mol. The summed E-state index contributed by atoms with van der Waals surface area (Å²) >= 11 is 0. The Morgan fingerprint density at radius 3 is 1.89 bits per heavy atom. The molecule has 0 bridgehead atoms. The highest BCUT2D eigenvalue weighted by atomic mass is 16.5. The number of carboxylic acid groups (broad SMARTS) is 2. The number of hydrazine groups is 1. The van der Waals surface area contributed by atoms with E-state index in [1.807, 2.05) is 5.43 Å². The molecule has 0 saturated heterocycles. The molecule has 8 N–H and O–H groups in total. The lowest BCUT2D eigenvalue weighted by Gasteiger charge is -2.28. The van der Waals surface area contributed by atoms with Gasteiger partial charge in [0.05, 0.1) is 6.10 Å². The molecule has 6 amide bonds. The molecule has 0 saturated carbocycles. The number of hydrogen-bond donors (Lipinski definition) is 8. The van der Waals surface area contributed by atoms with Crippen LogP contribution >= 0.6 is 0 Å². The SMILES string of the molecule is CC(C)C[C@H](NC(=O)OCc1ccccc1)C(=O)N[C@@H](CCC(=O)O)C(=O)N[C@H](C(=O)NN(CC(=O)O)C(=O)/C=C/C(=O)NCc1ccccc1)[C@@H](C)O. The fourth-order valence-corrected chi connectivity index (χ4v) is 4.67. The van der Waals surface area contributed by atoms with E-state index >= 15 is 0 Å². The lowest BCUT2D eigenvalue weighted by Crippen LogP contribution is -2.61. The summed E-state index contributed by atoms with van der Waals surface area (Å²) < 4.78 is 5.21. The van der Waals surface area contributed by atoms with Crippen LogP contribution in [0.15, 0.2) is 72.8 Å². The third-order valence-corrected chi connectivity index (χ3v) is 7.36. The zero-order valence-corrected chi connectivity index (χ0v) is 30.0. The Morgan fingerprint density at radius 1 is 0.741 bits per heavy atom. The second-order valence-electron chi connectivity index (χ2n) is 12.4. The number of amides is 6. The molecule has 0 heterocycles. The minimum Gasteiger partial charge on any atom is -0.481 e. The van der Waals surface area contributed by atoms with E-state index in [9.17, 15) is 53.7 Å². The minimum atomic E-state index is -1.86. The highest BCUT2D eigenvalue weighted by Gasteiger charge is 2.33. The molecule has 4 atom stereocenters. The monoisotopic (exact) mass is 754 g/mol. The molecule has 0 aliphatic rings. The van der Waals surface area contributed by atoms with E-state index in [4.69, 9.17) is 4.74 Å². The Morgan fingerprint density at radius 2 is 1.33 bits per heavy atom. The van der Waals surface area contributed by atoms with Crippen LogP contribution in [0.1, 0.15) is 51.2 Å². The van der Waals surface area contributed by atoms with Gasteiger partial charge in [0.25, 0.3) is 11.8 Å². The van der Waals surface area contributed by atoms with Gasteiger partial charge < -0.3 is 41.3 Å². The first kappa shape index (κ1) is 43.9. The molecule has 0 aliphatic carbocycles. The second kappa shape index (κ2) is 22.6. The maximum atomic E-state index is 13.4. The zero-order chi connectivity index (χ0) is 40.2. The number of nitrogens with zero attached hydrogens (tertiary/aromatic N) is 1. The Kier molecular flexibility index (Phi) is 18.4. The van der Waals surface area contributed by atoms with Gasteiger partial charge in [-0.2, -0.15) is 0 Å². The van der Waals surface area contributed by atoms with Gasteiger partial charge in [-0.05, 0) is 36.8 Å². The molecule has 0 radical (unpaired) electrons. The normalized spacial score (nSPS) is 13.1. The molecule has 54 heavy (non-hydrogen) atoms. The summed E-state index contributed by atoms with van der Waals surface area (Å²) in [7, 11) is 0. The van der Waals surface area contributed by atoms with Crippen molar-refractivity contribution in [2.45, 2.75) is 77.4 Å². The number of hydrogen-bond acceptors (Lipinski definition) is 10. The van der Waals surface area contributed by atoms with Crippen LogP contribution in [0.25, 0.3) is 0 Å². The van der Waals surface area contributed by atoms with Gasteiger partial charge in [0, 0.05) is 25.1 Å². The van der Waals surface area contributed by atoms with E-state index in [0.717, 1.165) is 18.6 Å². The molecule has 2 rings (SSSR count). The Labute approximate surface area is 311 Å². The van der Waals surface area contributed by atoms with Crippen LogP contribution in [0.3, 0.4) is 0 Å². The van der Waals surface area contributed by atoms with Crippen LogP contribution in [0.2, 0.25) is 0 Å². The summed E-state index contributed by atoms with van der Waals surface area (Å²) in [5, 5.41) is 38.9. The van der Waals surface area contributed by atoms with Crippen LogP contribution in [0, 0.1) is 5.92 Å². The quantitative estimate of drug-likeness (QED) is 0.0673. The van der Waals surface area contributed by atoms with Crippen LogP contribution in [-0.2, 0) is 51.5 Å². The summed E-state index contributed by atoms with van der Waals surface area (Å²) in [6, 6.07) is 12.9. The fourth-order valence-electron chi connectivity index (χ4n) is 4.67. The molecule has 0 spiro atoms. The largest absolute Gasteiger partial charge is 0.481 e. The van der Waals surface area contributed by atoms with Crippen molar-refractivity contribution in [3.63, 3.8) is 0 Å². The second-order valence-corrected chi connectivity index (χ2v) is 12.4. The summed E-state index contributed by atoms with van der Waals surface area (Å²) in [5.74, 6) is -8.13. The van der Waals surface area contributed by atoms with E-state index in [-0.39, 0.29) is 25.5 Å². The predicted molar refractivity (Wildman–Crippen MR) is 190 cm³/mol. The number of aliphatic hydroxyl groups is 1. The van der Waals surface area contributed by atoms with Gasteiger partial charge in [-0.3, -0.25) is 39.0 Å². The molecule has 0 aliphatic heterocycles. The van der Waals surface area contributed by atoms with Crippen LogP contribution in [0.5, 0.6) is 0 Å². The number of benzene rings is 2. The molecule has 18 nitrogen and oxygen atoms in total. The van der Waals surface area contributed by atoms with Gasteiger partial charge in [0.15, 0.2) is 0 Å². The summed E-state index contributed by atoms with van der Waals surface area (Å²) in [6.07, 6.45) is -2.07. The zero-order valence-electron chi connectivity index (χ0n) is 30.0. The third-order valence-electron chi connectivity index (χ3n) is 7.36. The Hall–Kier alpha value is -6.30. The standard InChI is InChI=1S/C36H46N6O12/c1-22(2)18-27(39-36(53)54-21-25-12-8-5-9-13-25)34(51)38-26(14-17-30(46)47)33(50)40-32(23(3)43)35(52)41-42(20-31(48)49)29(45)16-15-28(44)37-19-24-10-6-4-7-11-24/h4-13,15-16,22-23,26-27,32,43H,14,17-21H2,1-3H3,(H,37,44)(H,38,51)(H,39,53)(H,40,50)(H,41,52)(H,46,47)(H,48,49)/b16-15+/t23-,26+,27+,32+/m1/s1. The number of aliphatic hydroxyl groups excluding tert-OH is 1. The summed E-state index contributed by atoms with van der Waals surface area (Å²) in [6.45, 7) is 3.59. The number of rotatable bonds is 20. The maximum Gasteiger partial charge on any atom is 0.408 e. The van der Waals surface area contributed by atoms with E-state index < -0.39 is 91.2 Å². The first-order chi connectivity index (χ1) is 25.5. The van der Waals surface area contributed by atoms with Crippen molar-refractivity contribution in [1.29, 1.82) is 0 Å². The average Bonchev–Trinajstić information content (AvgIpc) is 3.12. The molecule has 0 unspecified atom stereocenters. The van der Waals surface area contributed by atoms with Crippen molar-refractivity contribution in [2.24, 2.45) is 5.92 Å². The number of alkyl carbamates (subject to hydrolysis) is 1. The van der Waals surface area contributed by atoms with Crippen LogP contribution in [0.4, 0.5) is 4.79 Å². The highest BCUT2D eigenvalue weighted by Crippen LogP contribution is 2.09. The highest BCUT2D eigenvalue weighted by molar-refractivity contribution is 5.99. The van der Waals surface area contributed by atoms with E-state index in [0.29, 0.717) is 16.6 Å². The van der Waals surface area contributed by atoms with Crippen molar-refractivity contribution in [3.05, 3.63) is 83.9 Å². The van der Waals surface area contributed by atoms with Crippen LogP contribution in [-0.4, -0.2) is 98.7 Å². The molecule has 2 aromatic carbocycles. The van der Waals surface area contributed by atoms with Gasteiger partial charge in [-0.15, -0.1) is 0 Å². The number of nitrogens with one attached hydrogen (secondary N) is 5. The number of carbonyl (C=O) groups is 8. The smallest absolute Gasteiger partial charge is 0.408 e. The van der Waals surface area contributed by atoms with Crippen molar-refractivity contribution in [3.8, 4) is 0 Å². The first-order valence-electron chi connectivity index (χ1n) is 16.9. The number of ether oxygens (including phenoxy) is 1. The minimum absolute atomic E-state index is 0.0921. The fraction of sp³-hybridized carbons (Fsp3) is 0.389. The molecule has 18 heteroatoms. The third kappa shape index (κ3) is 16.8. The Bertz CT molecular complexity index is 1630. The molecular formula is C36H46N6O12. The summed E-state index contributed by atoms with van der Waals surface area (Å²) in [4.78, 5) is 101.